The quantitative estimate of drug-likeness (QED) is 0.602. The van der Waals surface area contributed by atoms with Gasteiger partial charge in [-0.05, 0) is 0 Å². The Morgan fingerprint density at radius 1 is 0.625 bits per heavy atom. The molecule has 0 rings (SSSR count). The number of carbonyl (C=O) groups is 3. The summed E-state index contributed by atoms with van der Waals surface area (Å²) in [6, 6.07) is 5.25. The summed E-state index contributed by atoms with van der Waals surface area (Å²) >= 11 is 0. The van der Waals surface area contributed by atoms with Crippen molar-refractivity contribution in [3.05, 3.63) is 0 Å². The van der Waals surface area contributed by atoms with Crippen LogP contribution in [0.15, 0.2) is 0 Å². The zero-order valence-electron chi connectivity index (χ0n) is 9.60. The van der Waals surface area contributed by atoms with E-state index in [1.807, 2.05) is 20.4 Å². The number of nitriles is 3. The Morgan fingerprint density at radius 3 is 0.625 bits per heavy atom. The maximum atomic E-state index is 8.00. The predicted octanol–water partition coefficient (Wildman–Crippen LogP) is 1.03. The number of carbonyl (C=O) groups excluding carboxylic acids is 3. The van der Waals surface area contributed by atoms with Crippen LogP contribution < -0.4 is 0 Å². The molecular formula is C9H15N3O3W. The van der Waals surface area contributed by atoms with Gasteiger partial charge in [0, 0.05) is 41.8 Å². The van der Waals surface area contributed by atoms with Crippen molar-refractivity contribution in [1.29, 1.82) is 15.8 Å². The molecule has 0 radical (unpaired) electrons. The van der Waals surface area contributed by atoms with Crippen molar-refractivity contribution >= 4 is 20.4 Å². The van der Waals surface area contributed by atoms with Gasteiger partial charge in [-0.2, -0.15) is 15.8 Å². The molecule has 0 aliphatic rings. The van der Waals surface area contributed by atoms with Crippen LogP contribution >= 0.6 is 0 Å². The summed E-state index contributed by atoms with van der Waals surface area (Å²) in [6.45, 7) is 10.3. The first-order chi connectivity index (χ1) is 7.24. The number of hydrogen-bond donors (Lipinski definition) is 0. The van der Waals surface area contributed by atoms with Crippen LogP contribution in [-0.2, 0) is 35.4 Å². The molecule has 6 nitrogen and oxygen atoms in total. The standard InChI is InChI=1S/3C2H3N.3CH2O.W/c3*1-2-3;3*1-2;/h3*1H3;3*1H2;. The summed E-state index contributed by atoms with van der Waals surface area (Å²) in [4.78, 5) is 24.0. The molecule has 0 aliphatic carbocycles. The summed E-state index contributed by atoms with van der Waals surface area (Å²) in [7, 11) is 0. The Kier molecular flexibility index (Phi) is 4270. The third-order valence-electron chi connectivity index (χ3n) is 0. The van der Waals surface area contributed by atoms with E-state index < -0.39 is 0 Å². The molecule has 0 aromatic rings. The molecule has 0 aromatic heterocycles. The average molecular weight is 397 g/mol. The van der Waals surface area contributed by atoms with E-state index in [0.717, 1.165) is 0 Å². The van der Waals surface area contributed by atoms with Crippen molar-refractivity contribution in [2.75, 3.05) is 0 Å². The number of hydrogen-bond acceptors (Lipinski definition) is 6. The van der Waals surface area contributed by atoms with Crippen LogP contribution in [0.4, 0.5) is 0 Å². The van der Waals surface area contributed by atoms with Crippen molar-refractivity contribution in [2.45, 2.75) is 20.8 Å². The van der Waals surface area contributed by atoms with E-state index in [4.69, 9.17) is 30.2 Å². The summed E-state index contributed by atoms with van der Waals surface area (Å²) in [5.74, 6) is 0. The van der Waals surface area contributed by atoms with Gasteiger partial charge in [0.05, 0.1) is 18.2 Å². The van der Waals surface area contributed by atoms with Crippen LogP contribution in [0.5, 0.6) is 0 Å². The van der Waals surface area contributed by atoms with Gasteiger partial charge in [-0.1, -0.05) is 0 Å². The molecule has 90 valence electrons. The van der Waals surface area contributed by atoms with Gasteiger partial charge in [0.2, 0.25) is 0 Å². The second kappa shape index (κ2) is 1430. The largest absolute Gasteiger partial charge is 0.307 e. The molecule has 0 unspecified atom stereocenters. The molecule has 0 bridgehead atoms. The Labute approximate surface area is 111 Å². The van der Waals surface area contributed by atoms with E-state index in [1.54, 1.807) is 18.2 Å². The molecule has 0 aromatic carbocycles. The molecule has 0 saturated carbocycles. The van der Waals surface area contributed by atoms with Crippen LogP contribution in [0.25, 0.3) is 0 Å². The van der Waals surface area contributed by atoms with Crippen molar-refractivity contribution in [1.82, 2.24) is 0 Å². The second-order valence-electron chi connectivity index (χ2n) is 0.671. The molecule has 0 saturated heterocycles. The van der Waals surface area contributed by atoms with Crippen LogP contribution in [-0.4, -0.2) is 20.4 Å². The molecule has 0 aliphatic heterocycles. The van der Waals surface area contributed by atoms with Crippen LogP contribution in [0.1, 0.15) is 20.8 Å². The van der Waals surface area contributed by atoms with Gasteiger partial charge in [0.15, 0.2) is 0 Å². The molecule has 0 N–H and O–H groups in total. The number of nitrogens with zero attached hydrogens (tertiary/aromatic N) is 3. The zero-order valence-corrected chi connectivity index (χ0v) is 12.5. The fourth-order valence-corrected chi connectivity index (χ4v) is 0. The Balaban J connectivity index is -0.0000000122. The third kappa shape index (κ3) is 452. The maximum absolute atomic E-state index is 8.00. The van der Waals surface area contributed by atoms with Gasteiger partial charge in [-0.25, -0.2) is 0 Å². The monoisotopic (exact) mass is 397 g/mol. The smallest absolute Gasteiger partial charge is 0.106 e. The molecule has 7 heteroatoms. The van der Waals surface area contributed by atoms with Crippen LogP contribution in [0, 0.1) is 34.0 Å². The maximum Gasteiger partial charge on any atom is 0.106 e. The minimum atomic E-state index is 0. The summed E-state index contributed by atoms with van der Waals surface area (Å²) in [6.07, 6.45) is 0. The van der Waals surface area contributed by atoms with Gasteiger partial charge < -0.3 is 14.4 Å². The van der Waals surface area contributed by atoms with Crippen LogP contribution in [0.3, 0.4) is 0 Å². The van der Waals surface area contributed by atoms with Gasteiger partial charge in [0.1, 0.15) is 20.4 Å². The SMILES string of the molecule is C=O.C=O.C=O.CC#N.CC#N.CC#N.[W]. The van der Waals surface area contributed by atoms with E-state index in [1.165, 1.54) is 20.8 Å². The first kappa shape index (κ1) is 47.8. The topological polar surface area (TPSA) is 123 Å². The van der Waals surface area contributed by atoms with Crippen molar-refractivity contribution in [3.8, 4) is 18.2 Å². The third-order valence-corrected chi connectivity index (χ3v) is 0. The fourth-order valence-electron chi connectivity index (χ4n) is 0. The van der Waals surface area contributed by atoms with E-state index >= 15 is 0 Å². The van der Waals surface area contributed by atoms with E-state index in [-0.39, 0.29) is 21.1 Å². The molecule has 0 fully saturated rings. The number of rotatable bonds is 0. The van der Waals surface area contributed by atoms with Gasteiger partial charge in [-0.3, -0.25) is 0 Å². The fraction of sp³-hybridized carbons (Fsp3) is 0.333. The molecule has 0 heterocycles. The van der Waals surface area contributed by atoms with E-state index in [2.05, 4.69) is 0 Å². The van der Waals surface area contributed by atoms with E-state index in [9.17, 15) is 0 Å². The van der Waals surface area contributed by atoms with Crippen molar-refractivity contribution in [3.63, 3.8) is 0 Å². The van der Waals surface area contributed by atoms with E-state index in [0.29, 0.717) is 0 Å². The molecule has 0 atom stereocenters. The summed E-state index contributed by atoms with van der Waals surface area (Å²) in [5.41, 5.74) is 0. The average Bonchev–Trinajstić information content (AvgIpc) is 2.29. The Bertz CT molecular complexity index is 149. The first-order valence-electron chi connectivity index (χ1n) is 3.04. The van der Waals surface area contributed by atoms with Crippen molar-refractivity contribution < 1.29 is 35.4 Å². The van der Waals surface area contributed by atoms with Crippen LogP contribution in [0.2, 0.25) is 0 Å². The Hall–Kier alpha value is -1.83. The molecule has 16 heavy (non-hydrogen) atoms. The first-order valence-corrected chi connectivity index (χ1v) is 3.04. The van der Waals surface area contributed by atoms with Gasteiger partial charge in [0.25, 0.3) is 0 Å². The second-order valence-corrected chi connectivity index (χ2v) is 0.671. The summed E-state index contributed by atoms with van der Waals surface area (Å²) in [5, 5.41) is 22.0. The Morgan fingerprint density at radius 2 is 0.625 bits per heavy atom. The molecule has 0 amide bonds. The van der Waals surface area contributed by atoms with Crippen molar-refractivity contribution in [2.24, 2.45) is 0 Å². The molecule has 0 spiro atoms. The minimum absolute atomic E-state index is 0. The predicted molar refractivity (Wildman–Crippen MR) is 55.2 cm³/mol. The summed E-state index contributed by atoms with van der Waals surface area (Å²) < 4.78 is 0. The molecular weight excluding hydrogens is 382 g/mol. The normalized spacial score (nSPS) is 2.25. The van der Waals surface area contributed by atoms with Gasteiger partial charge >= 0.3 is 0 Å². The van der Waals surface area contributed by atoms with Gasteiger partial charge in [-0.15, -0.1) is 0 Å². The zero-order chi connectivity index (χ0) is 14.1. The minimum Gasteiger partial charge on any atom is -0.307 e.